The Hall–Kier alpha value is -1.94. The van der Waals surface area contributed by atoms with Crippen LogP contribution in [0.3, 0.4) is 0 Å². The summed E-state index contributed by atoms with van der Waals surface area (Å²) >= 11 is 4.47. The third kappa shape index (κ3) is 3.61. The molecular formula is C16H14BrF3N4OS. The van der Waals surface area contributed by atoms with Gasteiger partial charge in [-0.1, -0.05) is 19.9 Å². The molecule has 0 aromatic carbocycles. The van der Waals surface area contributed by atoms with E-state index in [1.165, 1.54) is 11.3 Å². The van der Waals surface area contributed by atoms with Crippen molar-refractivity contribution < 1.29 is 18.0 Å². The van der Waals surface area contributed by atoms with E-state index in [0.717, 1.165) is 6.07 Å². The highest BCUT2D eigenvalue weighted by molar-refractivity contribution is 9.10. The van der Waals surface area contributed by atoms with Crippen molar-refractivity contribution in [3.8, 4) is 10.6 Å². The minimum Gasteiger partial charge on any atom is -0.350 e. The van der Waals surface area contributed by atoms with Gasteiger partial charge in [0, 0.05) is 6.54 Å². The number of alkyl halides is 3. The molecule has 0 saturated carbocycles. The molecule has 0 atom stereocenters. The van der Waals surface area contributed by atoms with E-state index in [2.05, 4.69) is 31.3 Å². The second kappa shape index (κ2) is 6.99. The quantitative estimate of drug-likeness (QED) is 0.635. The summed E-state index contributed by atoms with van der Waals surface area (Å²) in [4.78, 5) is 17.2. The fourth-order valence-corrected chi connectivity index (χ4v) is 3.47. The Bertz CT molecular complexity index is 951. The number of nitrogens with zero attached hydrogens (tertiary/aromatic N) is 3. The van der Waals surface area contributed by atoms with E-state index in [4.69, 9.17) is 0 Å². The molecule has 3 aromatic rings. The maximum absolute atomic E-state index is 13.5. The first-order valence-electron chi connectivity index (χ1n) is 7.67. The molecule has 0 aliphatic heterocycles. The van der Waals surface area contributed by atoms with Crippen molar-refractivity contribution in [2.45, 2.75) is 20.0 Å². The lowest BCUT2D eigenvalue weighted by Gasteiger charge is -2.10. The fourth-order valence-electron chi connectivity index (χ4n) is 2.27. The third-order valence-corrected chi connectivity index (χ3v) is 5.11. The van der Waals surface area contributed by atoms with Crippen molar-refractivity contribution in [2.24, 2.45) is 5.92 Å². The van der Waals surface area contributed by atoms with Gasteiger partial charge in [0.05, 0.1) is 15.0 Å². The number of rotatable bonds is 4. The van der Waals surface area contributed by atoms with Gasteiger partial charge in [0.25, 0.3) is 5.91 Å². The van der Waals surface area contributed by atoms with Gasteiger partial charge in [0.2, 0.25) is 0 Å². The van der Waals surface area contributed by atoms with Gasteiger partial charge in [-0.2, -0.15) is 18.3 Å². The van der Waals surface area contributed by atoms with Gasteiger partial charge in [-0.3, -0.25) is 4.79 Å². The first-order chi connectivity index (χ1) is 12.2. The van der Waals surface area contributed by atoms with Crippen molar-refractivity contribution in [2.75, 3.05) is 6.54 Å². The van der Waals surface area contributed by atoms with Crippen molar-refractivity contribution in [3.63, 3.8) is 0 Å². The number of carbonyl (C=O) groups is 1. The van der Waals surface area contributed by atoms with Crippen LogP contribution < -0.4 is 5.32 Å². The highest BCUT2D eigenvalue weighted by Gasteiger charge is 2.36. The molecule has 5 nitrogen and oxygen atoms in total. The summed E-state index contributed by atoms with van der Waals surface area (Å²) < 4.78 is 41.4. The topological polar surface area (TPSA) is 59.3 Å². The number of hydrogen-bond donors (Lipinski definition) is 1. The summed E-state index contributed by atoms with van der Waals surface area (Å²) in [6.07, 6.45) is -4.65. The van der Waals surface area contributed by atoms with Crippen LogP contribution in [0.1, 0.15) is 30.0 Å². The molecule has 0 unspecified atom stereocenters. The Morgan fingerprint density at radius 1 is 1.42 bits per heavy atom. The average molecular weight is 447 g/mol. The lowest BCUT2D eigenvalue weighted by Crippen LogP contribution is -2.28. The van der Waals surface area contributed by atoms with Crippen molar-refractivity contribution in [1.29, 1.82) is 0 Å². The van der Waals surface area contributed by atoms with Crippen LogP contribution in [-0.4, -0.2) is 27.0 Å². The van der Waals surface area contributed by atoms with Gasteiger partial charge in [0.1, 0.15) is 0 Å². The highest BCUT2D eigenvalue weighted by Crippen LogP contribution is 2.35. The first kappa shape index (κ1) is 18.8. The monoisotopic (exact) mass is 446 g/mol. The van der Waals surface area contributed by atoms with Gasteiger partial charge in [-0.15, -0.1) is 11.3 Å². The standard InChI is InChI=1S/C16H14BrF3N4OS/c1-8(2)7-21-15(25)13-12(17)14-22-9(10-4-3-5-26-10)6-11(16(18,19)20)24(14)23-13/h3-6,8H,7H2,1-2H3,(H,21,25). The Labute approximate surface area is 159 Å². The Balaban J connectivity index is 2.17. The van der Waals surface area contributed by atoms with Gasteiger partial charge in [-0.05, 0) is 39.4 Å². The minimum absolute atomic E-state index is 0.0575. The molecule has 0 aliphatic carbocycles. The molecule has 0 radical (unpaired) electrons. The van der Waals surface area contributed by atoms with Crippen molar-refractivity contribution in [3.05, 3.63) is 39.4 Å². The molecule has 1 amide bonds. The predicted octanol–water partition coefficient (Wildman–Crippen LogP) is 4.62. The molecule has 10 heteroatoms. The summed E-state index contributed by atoms with van der Waals surface area (Å²) in [5.74, 6) is -0.356. The lowest BCUT2D eigenvalue weighted by molar-refractivity contribution is -0.142. The molecule has 138 valence electrons. The van der Waals surface area contributed by atoms with Crippen LogP contribution in [-0.2, 0) is 6.18 Å². The zero-order chi connectivity index (χ0) is 19.1. The van der Waals surface area contributed by atoms with Crippen molar-refractivity contribution in [1.82, 2.24) is 19.9 Å². The molecule has 3 aromatic heterocycles. The molecular weight excluding hydrogens is 433 g/mol. The summed E-state index contributed by atoms with van der Waals surface area (Å²) in [6.45, 7) is 4.21. The number of aromatic nitrogens is 3. The largest absolute Gasteiger partial charge is 0.433 e. The molecule has 26 heavy (non-hydrogen) atoms. The number of carbonyl (C=O) groups excluding carboxylic acids is 1. The van der Waals surface area contributed by atoms with Crippen LogP contribution in [0.5, 0.6) is 0 Å². The van der Waals surface area contributed by atoms with Crippen LogP contribution >= 0.6 is 27.3 Å². The molecule has 1 N–H and O–H groups in total. The van der Waals surface area contributed by atoms with Gasteiger partial charge < -0.3 is 5.32 Å². The van der Waals surface area contributed by atoms with E-state index in [9.17, 15) is 18.0 Å². The number of thiophene rings is 1. The Kier molecular flexibility index (Phi) is 5.07. The second-order valence-corrected chi connectivity index (χ2v) is 7.74. The molecule has 0 fully saturated rings. The maximum atomic E-state index is 13.5. The molecule has 0 aliphatic rings. The van der Waals surface area contributed by atoms with E-state index >= 15 is 0 Å². The predicted molar refractivity (Wildman–Crippen MR) is 96.2 cm³/mol. The number of nitrogens with one attached hydrogen (secondary N) is 1. The van der Waals surface area contributed by atoms with E-state index in [1.807, 2.05) is 13.8 Å². The average Bonchev–Trinajstić information content (AvgIpc) is 3.19. The van der Waals surface area contributed by atoms with Gasteiger partial charge in [0.15, 0.2) is 17.0 Å². The first-order valence-corrected chi connectivity index (χ1v) is 9.34. The van der Waals surface area contributed by atoms with E-state index in [0.29, 0.717) is 15.9 Å². The van der Waals surface area contributed by atoms with Gasteiger partial charge >= 0.3 is 6.18 Å². The summed E-state index contributed by atoms with van der Waals surface area (Å²) in [6, 6.07) is 4.35. The van der Waals surface area contributed by atoms with Crippen LogP contribution in [0.15, 0.2) is 28.1 Å². The highest BCUT2D eigenvalue weighted by atomic mass is 79.9. The minimum atomic E-state index is -4.65. The van der Waals surface area contributed by atoms with Crippen LogP contribution in [0.2, 0.25) is 0 Å². The second-order valence-electron chi connectivity index (χ2n) is 6.00. The Morgan fingerprint density at radius 3 is 2.73 bits per heavy atom. The molecule has 0 bridgehead atoms. The van der Waals surface area contributed by atoms with Crippen LogP contribution in [0.25, 0.3) is 16.2 Å². The van der Waals surface area contributed by atoms with Crippen LogP contribution in [0.4, 0.5) is 13.2 Å². The third-order valence-electron chi connectivity index (χ3n) is 3.48. The SMILES string of the molecule is CC(C)CNC(=O)c1nn2c(C(F)(F)F)cc(-c3cccs3)nc2c1Br. The summed E-state index contributed by atoms with van der Waals surface area (Å²) in [7, 11) is 0. The zero-order valence-electron chi connectivity index (χ0n) is 13.8. The molecule has 3 rings (SSSR count). The fraction of sp³-hybridized carbons (Fsp3) is 0.312. The number of fused-ring (bicyclic) bond motifs is 1. The number of amides is 1. The van der Waals surface area contributed by atoms with Crippen molar-refractivity contribution >= 4 is 38.8 Å². The van der Waals surface area contributed by atoms with E-state index in [1.54, 1.807) is 17.5 Å². The zero-order valence-corrected chi connectivity index (χ0v) is 16.2. The van der Waals surface area contributed by atoms with E-state index < -0.39 is 17.8 Å². The maximum Gasteiger partial charge on any atom is 0.433 e. The Morgan fingerprint density at radius 2 is 2.15 bits per heavy atom. The lowest BCUT2D eigenvalue weighted by atomic mass is 10.2. The molecule has 3 heterocycles. The van der Waals surface area contributed by atoms with Gasteiger partial charge in [-0.25, -0.2) is 9.50 Å². The summed E-state index contributed by atoms with van der Waals surface area (Å²) in [5.41, 5.74) is -1.01. The number of hydrogen-bond acceptors (Lipinski definition) is 4. The normalized spacial score (nSPS) is 12.1. The smallest absolute Gasteiger partial charge is 0.350 e. The van der Waals surface area contributed by atoms with Crippen LogP contribution in [0, 0.1) is 5.92 Å². The van der Waals surface area contributed by atoms with E-state index in [-0.39, 0.29) is 27.4 Å². The number of halogens is 4. The molecule has 0 spiro atoms. The molecule has 0 saturated heterocycles. The summed E-state index contributed by atoms with van der Waals surface area (Å²) in [5, 5.41) is 8.26.